The summed E-state index contributed by atoms with van der Waals surface area (Å²) in [5.41, 5.74) is 1.23. The molecule has 6 atom stereocenters. The zero-order valence-electron chi connectivity index (χ0n) is 14.2. The molecule has 0 amide bonds. The van der Waals surface area contributed by atoms with Gasteiger partial charge in [0.1, 0.15) is 11.9 Å². The lowest BCUT2D eigenvalue weighted by molar-refractivity contribution is -0.131. The van der Waals surface area contributed by atoms with Crippen LogP contribution in [0.15, 0.2) is 35.6 Å². The van der Waals surface area contributed by atoms with Gasteiger partial charge in [-0.1, -0.05) is 26.0 Å². The van der Waals surface area contributed by atoms with Crippen molar-refractivity contribution in [2.45, 2.75) is 45.6 Å². The van der Waals surface area contributed by atoms with E-state index in [1.165, 1.54) is 5.57 Å². The van der Waals surface area contributed by atoms with Crippen molar-refractivity contribution < 1.29 is 14.6 Å². The van der Waals surface area contributed by atoms with Crippen molar-refractivity contribution in [3.8, 4) is 0 Å². The number of hydrogen-bond donors (Lipinski definition) is 1. The van der Waals surface area contributed by atoms with Gasteiger partial charge in [0.15, 0.2) is 5.78 Å². The third-order valence-corrected chi connectivity index (χ3v) is 7.33. The predicted octanol–water partition coefficient (Wildman–Crippen LogP) is 3.97. The Hall–Kier alpha value is -1.35. The molecule has 124 valence electrons. The third kappa shape index (κ3) is 1.89. The van der Waals surface area contributed by atoms with Gasteiger partial charge >= 0.3 is 0 Å². The number of ketones is 1. The van der Waals surface area contributed by atoms with Crippen LogP contribution in [-0.4, -0.2) is 24.1 Å². The second kappa shape index (κ2) is 4.83. The van der Waals surface area contributed by atoms with Crippen LogP contribution in [0.4, 0.5) is 0 Å². The van der Waals surface area contributed by atoms with Crippen LogP contribution >= 0.6 is 0 Å². The van der Waals surface area contributed by atoms with Gasteiger partial charge in [-0.2, -0.15) is 0 Å². The minimum Gasteiger partial charge on any atom is -0.508 e. The summed E-state index contributed by atoms with van der Waals surface area (Å²) in [6.45, 7) is 4.55. The Kier molecular flexibility index (Phi) is 3.19. The zero-order valence-corrected chi connectivity index (χ0v) is 14.2. The quantitative estimate of drug-likeness (QED) is 0.796. The van der Waals surface area contributed by atoms with E-state index < -0.39 is 0 Å². The third-order valence-electron chi connectivity index (χ3n) is 7.33. The summed E-state index contributed by atoms with van der Waals surface area (Å²) >= 11 is 0. The zero-order chi connectivity index (χ0) is 16.4. The van der Waals surface area contributed by atoms with E-state index in [2.05, 4.69) is 26.0 Å². The SMILES string of the molecule is COC1C(=O)C[C@H]2[C@@H]3CC=C4C=C(O)C=C[C@]4(C)[C@@H]3CC[C@]12C. The van der Waals surface area contributed by atoms with Gasteiger partial charge in [-0.15, -0.1) is 0 Å². The Morgan fingerprint density at radius 2 is 2.09 bits per heavy atom. The first-order valence-corrected chi connectivity index (χ1v) is 8.76. The summed E-state index contributed by atoms with van der Waals surface area (Å²) in [7, 11) is 1.68. The molecule has 0 aliphatic heterocycles. The van der Waals surface area contributed by atoms with Crippen LogP contribution in [0.3, 0.4) is 0 Å². The number of carbonyl (C=O) groups excluding carboxylic acids is 1. The first kappa shape index (κ1) is 15.2. The molecule has 0 aromatic carbocycles. The highest BCUT2D eigenvalue weighted by atomic mass is 16.5. The molecule has 4 aliphatic rings. The molecule has 0 saturated heterocycles. The van der Waals surface area contributed by atoms with Crippen molar-refractivity contribution in [3.05, 3.63) is 35.6 Å². The Bertz CT molecular complexity index is 643. The van der Waals surface area contributed by atoms with Gasteiger partial charge in [-0.3, -0.25) is 4.79 Å². The largest absolute Gasteiger partial charge is 0.508 e. The van der Waals surface area contributed by atoms with Crippen LogP contribution in [0.5, 0.6) is 0 Å². The smallest absolute Gasteiger partial charge is 0.162 e. The predicted molar refractivity (Wildman–Crippen MR) is 88.9 cm³/mol. The monoisotopic (exact) mass is 314 g/mol. The Morgan fingerprint density at radius 1 is 1.30 bits per heavy atom. The normalized spacial score (nSPS) is 48.2. The molecule has 0 radical (unpaired) electrons. The fourth-order valence-corrected chi connectivity index (χ4v) is 6.11. The summed E-state index contributed by atoms with van der Waals surface area (Å²) in [6, 6.07) is 0. The van der Waals surface area contributed by atoms with E-state index in [4.69, 9.17) is 4.74 Å². The van der Waals surface area contributed by atoms with E-state index in [0.29, 0.717) is 29.9 Å². The highest BCUT2D eigenvalue weighted by molar-refractivity contribution is 5.87. The van der Waals surface area contributed by atoms with E-state index in [1.807, 2.05) is 12.2 Å². The number of Topliss-reactive ketones (excluding diaryl/α,β-unsaturated/α-hetero) is 1. The first-order chi connectivity index (χ1) is 10.9. The lowest BCUT2D eigenvalue weighted by Crippen LogP contribution is -2.49. The summed E-state index contributed by atoms with van der Waals surface area (Å²) in [4.78, 5) is 12.5. The number of rotatable bonds is 1. The molecule has 3 heteroatoms. The average molecular weight is 314 g/mol. The van der Waals surface area contributed by atoms with Gasteiger partial charge in [-0.05, 0) is 54.7 Å². The van der Waals surface area contributed by atoms with Gasteiger partial charge in [0.2, 0.25) is 0 Å². The first-order valence-electron chi connectivity index (χ1n) is 8.76. The van der Waals surface area contributed by atoms with Gasteiger partial charge in [-0.25, -0.2) is 0 Å². The molecule has 0 spiro atoms. The molecule has 2 fully saturated rings. The maximum atomic E-state index is 12.5. The molecule has 0 aromatic heterocycles. The number of carbonyl (C=O) groups is 1. The average Bonchev–Trinajstić information content (AvgIpc) is 2.77. The molecular formula is C20H26O3. The summed E-state index contributed by atoms with van der Waals surface area (Å²) in [5, 5.41) is 9.82. The van der Waals surface area contributed by atoms with E-state index in [0.717, 1.165) is 19.3 Å². The van der Waals surface area contributed by atoms with Gasteiger partial charge < -0.3 is 9.84 Å². The fraction of sp³-hybridized carbons (Fsp3) is 0.650. The second-order valence-corrected chi connectivity index (χ2v) is 8.29. The molecule has 1 N–H and O–H groups in total. The summed E-state index contributed by atoms with van der Waals surface area (Å²) < 4.78 is 5.60. The minimum absolute atomic E-state index is 0.00887. The number of hydrogen-bond acceptors (Lipinski definition) is 3. The van der Waals surface area contributed by atoms with Crippen LogP contribution < -0.4 is 0 Å². The Labute approximate surface area is 138 Å². The molecule has 4 rings (SSSR count). The van der Waals surface area contributed by atoms with E-state index in [1.54, 1.807) is 7.11 Å². The molecule has 0 aromatic rings. The fourth-order valence-electron chi connectivity index (χ4n) is 6.11. The highest BCUT2D eigenvalue weighted by Gasteiger charge is 2.60. The highest BCUT2D eigenvalue weighted by Crippen LogP contribution is 2.63. The van der Waals surface area contributed by atoms with Gasteiger partial charge in [0.25, 0.3) is 0 Å². The number of aliphatic hydroxyl groups is 1. The molecular weight excluding hydrogens is 288 g/mol. The molecule has 23 heavy (non-hydrogen) atoms. The molecule has 1 unspecified atom stereocenters. The minimum atomic E-state index is -0.225. The summed E-state index contributed by atoms with van der Waals surface area (Å²) in [6.07, 6.45) is 11.9. The van der Waals surface area contributed by atoms with Crippen molar-refractivity contribution in [1.29, 1.82) is 0 Å². The number of fused-ring (bicyclic) bond motifs is 5. The molecule has 0 bridgehead atoms. The van der Waals surface area contributed by atoms with Crippen molar-refractivity contribution in [2.24, 2.45) is 28.6 Å². The molecule has 2 saturated carbocycles. The lowest BCUT2D eigenvalue weighted by atomic mass is 9.49. The van der Waals surface area contributed by atoms with Gasteiger partial charge in [0, 0.05) is 24.4 Å². The number of ether oxygens (including phenoxy) is 1. The van der Waals surface area contributed by atoms with Crippen LogP contribution in [0, 0.1) is 28.6 Å². The molecule has 4 aliphatic carbocycles. The topological polar surface area (TPSA) is 46.5 Å². The number of aliphatic hydroxyl groups excluding tert-OH is 1. The van der Waals surface area contributed by atoms with Crippen LogP contribution in [0.1, 0.15) is 39.5 Å². The summed E-state index contributed by atoms with van der Waals surface area (Å²) in [5.74, 6) is 2.14. The Balaban J connectivity index is 1.73. The van der Waals surface area contributed by atoms with Gasteiger partial charge in [0.05, 0.1) is 0 Å². The van der Waals surface area contributed by atoms with Crippen molar-refractivity contribution >= 4 is 5.78 Å². The van der Waals surface area contributed by atoms with E-state index in [9.17, 15) is 9.90 Å². The number of methoxy groups -OCH3 is 1. The van der Waals surface area contributed by atoms with Crippen LogP contribution in [-0.2, 0) is 9.53 Å². The molecule has 0 heterocycles. The van der Waals surface area contributed by atoms with Crippen molar-refractivity contribution in [2.75, 3.05) is 7.11 Å². The lowest BCUT2D eigenvalue weighted by Gasteiger charge is -2.55. The van der Waals surface area contributed by atoms with E-state index >= 15 is 0 Å². The Morgan fingerprint density at radius 3 is 2.83 bits per heavy atom. The molecule has 3 nitrogen and oxygen atoms in total. The van der Waals surface area contributed by atoms with Crippen molar-refractivity contribution in [3.63, 3.8) is 0 Å². The standard InChI is InChI=1S/C20H26O3/c1-19-8-6-13(21)10-12(19)4-5-14-15(19)7-9-20(2)16(14)11-17(22)18(20)23-3/h4,6,8,10,14-16,18,21H,5,7,9,11H2,1-3H3/t14-,15-,16+,18?,19+,20+/m1/s1. The van der Waals surface area contributed by atoms with Crippen LogP contribution in [0.25, 0.3) is 0 Å². The maximum absolute atomic E-state index is 12.5. The second-order valence-electron chi connectivity index (χ2n) is 8.29. The maximum Gasteiger partial charge on any atom is 0.162 e. The van der Waals surface area contributed by atoms with Crippen molar-refractivity contribution in [1.82, 2.24) is 0 Å². The van der Waals surface area contributed by atoms with Crippen LogP contribution in [0.2, 0.25) is 0 Å². The van der Waals surface area contributed by atoms with E-state index in [-0.39, 0.29) is 22.7 Å². The number of allylic oxidation sites excluding steroid dienone is 5.